The van der Waals surface area contributed by atoms with Gasteiger partial charge in [-0.15, -0.1) is 0 Å². The third-order valence-electron chi connectivity index (χ3n) is 2.96. The Morgan fingerprint density at radius 3 is 1.94 bits per heavy atom. The van der Waals surface area contributed by atoms with Crippen molar-refractivity contribution in [2.75, 3.05) is 0 Å². The topological polar surface area (TPSA) is 29.4 Å². The van der Waals surface area contributed by atoms with Crippen molar-refractivity contribution in [3.8, 4) is 0 Å². The molecular formula is C15H27NO. The van der Waals surface area contributed by atoms with Crippen molar-refractivity contribution in [3.63, 3.8) is 0 Å². The SMILES string of the molecule is CCCCCCCCCCCCC=CN=C=O. The molecule has 0 saturated carbocycles. The summed E-state index contributed by atoms with van der Waals surface area (Å²) in [5, 5.41) is 0. The number of allylic oxidation sites excluding steroid dienone is 1. The first-order valence-electron chi connectivity index (χ1n) is 7.13. The van der Waals surface area contributed by atoms with Gasteiger partial charge in [-0.3, -0.25) is 0 Å². The minimum Gasteiger partial charge on any atom is -0.211 e. The molecule has 2 nitrogen and oxygen atoms in total. The summed E-state index contributed by atoms with van der Waals surface area (Å²) in [7, 11) is 0. The van der Waals surface area contributed by atoms with Crippen LogP contribution >= 0.6 is 0 Å². The van der Waals surface area contributed by atoms with Gasteiger partial charge in [-0.2, -0.15) is 4.99 Å². The molecule has 0 radical (unpaired) electrons. The van der Waals surface area contributed by atoms with Gasteiger partial charge in [0.15, 0.2) is 0 Å². The molecule has 17 heavy (non-hydrogen) atoms. The molecule has 2 heteroatoms. The third kappa shape index (κ3) is 15.1. The second kappa shape index (κ2) is 15.1. The molecule has 0 rings (SSSR count). The average molecular weight is 237 g/mol. The van der Waals surface area contributed by atoms with E-state index >= 15 is 0 Å². The Kier molecular flexibility index (Phi) is 14.3. The summed E-state index contributed by atoms with van der Waals surface area (Å²) < 4.78 is 0. The molecular weight excluding hydrogens is 210 g/mol. The second-order valence-electron chi connectivity index (χ2n) is 4.58. The summed E-state index contributed by atoms with van der Waals surface area (Å²) in [5.41, 5.74) is 0. The summed E-state index contributed by atoms with van der Waals surface area (Å²) >= 11 is 0. The molecule has 0 N–H and O–H groups in total. The Hall–Kier alpha value is -0.880. The maximum absolute atomic E-state index is 9.76. The van der Waals surface area contributed by atoms with Crippen molar-refractivity contribution < 1.29 is 4.79 Å². The van der Waals surface area contributed by atoms with Crippen LogP contribution in [0.1, 0.15) is 77.6 Å². The van der Waals surface area contributed by atoms with Crippen LogP contribution in [0.3, 0.4) is 0 Å². The maximum atomic E-state index is 9.76. The fraction of sp³-hybridized carbons (Fsp3) is 0.800. The lowest BCUT2D eigenvalue weighted by Crippen LogP contribution is -1.81. The van der Waals surface area contributed by atoms with E-state index in [1.54, 1.807) is 6.20 Å². The molecule has 0 fully saturated rings. The number of aliphatic imine (C=N–C) groups is 1. The first-order chi connectivity index (χ1) is 8.41. The predicted molar refractivity (Wildman–Crippen MR) is 73.7 cm³/mol. The van der Waals surface area contributed by atoms with E-state index in [1.807, 2.05) is 6.08 Å². The minimum atomic E-state index is 1.03. The fourth-order valence-corrected chi connectivity index (χ4v) is 1.91. The highest BCUT2D eigenvalue weighted by molar-refractivity contribution is 5.34. The standard InChI is InChI=1S/C15H27NO/c1-2-3-4-5-6-7-8-9-10-11-12-13-14-16-15-17/h13-14H,2-12H2,1H3. The zero-order chi connectivity index (χ0) is 12.6. The summed E-state index contributed by atoms with van der Waals surface area (Å²) in [6.45, 7) is 2.26. The Morgan fingerprint density at radius 1 is 0.882 bits per heavy atom. The van der Waals surface area contributed by atoms with Crippen LogP contribution in [0.2, 0.25) is 0 Å². The maximum Gasteiger partial charge on any atom is 0.239 e. The molecule has 0 aromatic rings. The number of hydrogen-bond acceptors (Lipinski definition) is 2. The fourth-order valence-electron chi connectivity index (χ4n) is 1.91. The van der Waals surface area contributed by atoms with E-state index in [-0.39, 0.29) is 0 Å². The number of hydrogen-bond donors (Lipinski definition) is 0. The van der Waals surface area contributed by atoms with Gasteiger partial charge in [-0.25, -0.2) is 4.79 Å². The van der Waals surface area contributed by atoms with Crippen LogP contribution in [0.5, 0.6) is 0 Å². The number of rotatable bonds is 12. The van der Waals surface area contributed by atoms with E-state index in [4.69, 9.17) is 0 Å². The van der Waals surface area contributed by atoms with Gasteiger partial charge in [-0.05, 0) is 12.8 Å². The highest BCUT2D eigenvalue weighted by atomic mass is 16.1. The van der Waals surface area contributed by atoms with E-state index in [1.165, 1.54) is 70.3 Å². The van der Waals surface area contributed by atoms with Gasteiger partial charge >= 0.3 is 0 Å². The molecule has 0 aliphatic carbocycles. The normalized spacial score (nSPS) is 10.6. The highest BCUT2D eigenvalue weighted by Crippen LogP contribution is 2.11. The molecule has 0 aromatic heterocycles. The molecule has 0 unspecified atom stereocenters. The van der Waals surface area contributed by atoms with Crippen molar-refractivity contribution in [1.82, 2.24) is 0 Å². The van der Waals surface area contributed by atoms with Crippen molar-refractivity contribution in [2.45, 2.75) is 77.6 Å². The van der Waals surface area contributed by atoms with Crippen LogP contribution in [0.4, 0.5) is 0 Å². The molecule has 0 saturated heterocycles. The van der Waals surface area contributed by atoms with Crippen LogP contribution in [-0.2, 0) is 4.79 Å². The van der Waals surface area contributed by atoms with Gasteiger partial charge in [0.05, 0.1) is 0 Å². The monoisotopic (exact) mass is 237 g/mol. The molecule has 0 heterocycles. The lowest BCUT2D eigenvalue weighted by Gasteiger charge is -2.01. The van der Waals surface area contributed by atoms with E-state index in [2.05, 4.69) is 11.9 Å². The molecule has 0 spiro atoms. The van der Waals surface area contributed by atoms with Gasteiger partial charge in [-0.1, -0.05) is 70.8 Å². The van der Waals surface area contributed by atoms with Gasteiger partial charge in [0.1, 0.15) is 0 Å². The zero-order valence-electron chi connectivity index (χ0n) is 11.3. The van der Waals surface area contributed by atoms with Crippen LogP contribution in [0, 0.1) is 0 Å². The molecule has 98 valence electrons. The van der Waals surface area contributed by atoms with Crippen LogP contribution in [-0.4, -0.2) is 6.08 Å². The Labute approximate surface area is 106 Å². The first-order valence-corrected chi connectivity index (χ1v) is 7.13. The molecule has 0 aliphatic rings. The number of nitrogens with zero attached hydrogens (tertiary/aromatic N) is 1. The van der Waals surface area contributed by atoms with Gasteiger partial charge in [0.2, 0.25) is 6.08 Å². The lowest BCUT2D eigenvalue weighted by molar-refractivity contribution is 0.557. The quantitative estimate of drug-likeness (QED) is 0.262. The van der Waals surface area contributed by atoms with E-state index in [0.29, 0.717) is 0 Å². The molecule has 0 bridgehead atoms. The molecule has 0 amide bonds. The van der Waals surface area contributed by atoms with Gasteiger partial charge in [0.25, 0.3) is 0 Å². The molecule has 0 aliphatic heterocycles. The average Bonchev–Trinajstić information content (AvgIpc) is 2.35. The van der Waals surface area contributed by atoms with Crippen LogP contribution in [0.15, 0.2) is 17.3 Å². The smallest absolute Gasteiger partial charge is 0.211 e. The van der Waals surface area contributed by atoms with Crippen molar-refractivity contribution >= 4 is 6.08 Å². The number of carbonyl (C=O) groups excluding carboxylic acids is 1. The predicted octanol–water partition coefficient (Wildman–Crippen LogP) is 5.15. The third-order valence-corrected chi connectivity index (χ3v) is 2.96. The van der Waals surface area contributed by atoms with E-state index in [9.17, 15) is 4.79 Å². The lowest BCUT2D eigenvalue weighted by atomic mass is 10.1. The summed E-state index contributed by atoms with van der Waals surface area (Å²) in [6.07, 6.45) is 19.6. The summed E-state index contributed by atoms with van der Waals surface area (Å²) in [4.78, 5) is 13.1. The Morgan fingerprint density at radius 2 is 1.41 bits per heavy atom. The highest BCUT2D eigenvalue weighted by Gasteiger charge is 1.91. The van der Waals surface area contributed by atoms with E-state index in [0.717, 1.165) is 6.42 Å². The number of isocyanates is 1. The molecule has 0 atom stereocenters. The van der Waals surface area contributed by atoms with E-state index < -0.39 is 0 Å². The van der Waals surface area contributed by atoms with Gasteiger partial charge in [0, 0.05) is 6.20 Å². The Balaban J connectivity index is 3.01. The summed E-state index contributed by atoms with van der Waals surface area (Å²) in [5.74, 6) is 0. The summed E-state index contributed by atoms with van der Waals surface area (Å²) in [6, 6.07) is 0. The first kappa shape index (κ1) is 16.1. The van der Waals surface area contributed by atoms with Crippen molar-refractivity contribution in [1.29, 1.82) is 0 Å². The van der Waals surface area contributed by atoms with Crippen molar-refractivity contribution in [3.05, 3.63) is 12.3 Å². The number of unbranched alkanes of at least 4 members (excludes halogenated alkanes) is 10. The van der Waals surface area contributed by atoms with Gasteiger partial charge < -0.3 is 0 Å². The largest absolute Gasteiger partial charge is 0.239 e. The molecule has 0 aromatic carbocycles. The van der Waals surface area contributed by atoms with Crippen molar-refractivity contribution in [2.24, 2.45) is 4.99 Å². The minimum absolute atomic E-state index is 1.03. The zero-order valence-corrected chi connectivity index (χ0v) is 11.3. The van der Waals surface area contributed by atoms with Crippen LogP contribution < -0.4 is 0 Å². The second-order valence-corrected chi connectivity index (χ2v) is 4.58. The Bertz CT molecular complexity index is 217. The van der Waals surface area contributed by atoms with Crippen LogP contribution in [0.25, 0.3) is 0 Å².